The van der Waals surface area contributed by atoms with Crippen molar-refractivity contribution in [3.05, 3.63) is 51.5 Å². The first-order chi connectivity index (χ1) is 15.7. The third-order valence-electron chi connectivity index (χ3n) is 7.25. The van der Waals surface area contributed by atoms with Gasteiger partial charge < -0.3 is 28.6 Å². The van der Waals surface area contributed by atoms with E-state index in [1.165, 1.54) is 0 Å². The fourth-order valence-corrected chi connectivity index (χ4v) is 5.24. The van der Waals surface area contributed by atoms with Gasteiger partial charge >= 0.3 is 7.12 Å². The van der Waals surface area contributed by atoms with Crippen LogP contribution in [-0.2, 0) is 36.7 Å². The third kappa shape index (κ3) is 3.95. The van der Waals surface area contributed by atoms with Gasteiger partial charge in [-0.2, -0.15) is 0 Å². The van der Waals surface area contributed by atoms with Crippen LogP contribution in [0.3, 0.4) is 0 Å². The van der Waals surface area contributed by atoms with Crippen molar-refractivity contribution in [3.8, 4) is 0 Å². The molecule has 0 aromatic carbocycles. The molecule has 1 saturated heterocycles. The van der Waals surface area contributed by atoms with Crippen LogP contribution in [0.1, 0.15) is 62.2 Å². The van der Waals surface area contributed by atoms with Crippen molar-refractivity contribution in [2.24, 2.45) is 0 Å². The van der Waals surface area contributed by atoms with E-state index in [0.29, 0.717) is 19.8 Å². The molecule has 0 amide bonds. The Kier molecular flexibility index (Phi) is 6.14. The zero-order valence-corrected chi connectivity index (χ0v) is 20.8. The van der Waals surface area contributed by atoms with Gasteiger partial charge in [0, 0.05) is 51.4 Å². The number of aromatic nitrogens is 2. The van der Waals surface area contributed by atoms with Crippen LogP contribution >= 0.6 is 15.9 Å². The SMILES string of the molecule is C[C@H](OC1COCc2c(Br)cncc21)C1(C)OB(c2cncc3c2COCC3O)OC1(C)C. The Morgan fingerprint density at radius 2 is 1.73 bits per heavy atom. The van der Waals surface area contributed by atoms with Gasteiger partial charge in [-0.05, 0) is 49.2 Å². The van der Waals surface area contributed by atoms with Crippen LogP contribution < -0.4 is 5.46 Å². The molecule has 2 aromatic heterocycles. The van der Waals surface area contributed by atoms with E-state index in [1.54, 1.807) is 18.6 Å². The maximum atomic E-state index is 10.3. The highest BCUT2D eigenvalue weighted by Gasteiger charge is 2.59. The molecular formula is C23H28BBrN2O6. The van der Waals surface area contributed by atoms with E-state index in [0.717, 1.165) is 32.2 Å². The van der Waals surface area contributed by atoms with Crippen LogP contribution in [0, 0.1) is 0 Å². The Morgan fingerprint density at radius 1 is 1.03 bits per heavy atom. The standard InChI is InChI=1S/C23H28BBrN2O6/c1-13(31-21-12-30-10-17-15(21)6-27-8-19(17)25)23(4)22(2,3)32-24(33-23)18-7-26-5-14-16(18)9-29-11-20(14)28/h5-8,13,20-21,28H,9-12H2,1-4H3/t13-,20?,21?,23?/m0/s1. The van der Waals surface area contributed by atoms with Gasteiger partial charge in [-0.1, -0.05) is 0 Å². The lowest BCUT2D eigenvalue weighted by molar-refractivity contribution is -0.157. The fourth-order valence-electron chi connectivity index (χ4n) is 4.78. The lowest BCUT2D eigenvalue weighted by Gasteiger charge is -2.42. The molecule has 1 N–H and O–H groups in total. The minimum atomic E-state index is -0.772. The van der Waals surface area contributed by atoms with Crippen LogP contribution in [-0.4, -0.2) is 52.7 Å². The predicted octanol–water partition coefficient (Wildman–Crippen LogP) is 2.76. The molecule has 0 aliphatic carbocycles. The first-order valence-electron chi connectivity index (χ1n) is 11.1. The van der Waals surface area contributed by atoms with Gasteiger partial charge in [-0.15, -0.1) is 0 Å². The van der Waals surface area contributed by atoms with E-state index in [4.69, 9.17) is 23.5 Å². The zero-order chi connectivity index (χ0) is 23.4. The fraction of sp³-hybridized carbons (Fsp3) is 0.565. The van der Waals surface area contributed by atoms with Crippen molar-refractivity contribution < 1.29 is 28.6 Å². The van der Waals surface area contributed by atoms with E-state index >= 15 is 0 Å². The normalized spacial score (nSPS) is 29.5. The van der Waals surface area contributed by atoms with E-state index < -0.39 is 24.4 Å². The first kappa shape index (κ1) is 23.4. The molecule has 2 aromatic rings. The van der Waals surface area contributed by atoms with Crippen LogP contribution in [0.15, 0.2) is 29.3 Å². The van der Waals surface area contributed by atoms with Crippen LogP contribution in [0.5, 0.6) is 0 Å². The summed E-state index contributed by atoms with van der Waals surface area (Å²) in [5, 5.41) is 10.3. The first-order valence-corrected chi connectivity index (χ1v) is 11.9. The van der Waals surface area contributed by atoms with Crippen LogP contribution in [0.4, 0.5) is 0 Å². The molecule has 0 saturated carbocycles. The van der Waals surface area contributed by atoms with E-state index in [2.05, 4.69) is 25.9 Å². The highest BCUT2D eigenvalue weighted by molar-refractivity contribution is 9.10. The quantitative estimate of drug-likeness (QED) is 0.618. The number of nitrogens with zero attached hydrogens (tertiary/aromatic N) is 2. The maximum absolute atomic E-state index is 10.3. The second kappa shape index (κ2) is 8.68. The Bertz CT molecular complexity index is 1060. The monoisotopic (exact) mass is 518 g/mol. The summed E-state index contributed by atoms with van der Waals surface area (Å²) in [5.41, 5.74) is 3.04. The molecule has 0 spiro atoms. The van der Waals surface area contributed by atoms with Crippen LogP contribution in [0.25, 0.3) is 0 Å². The average molecular weight is 519 g/mol. The van der Waals surface area contributed by atoms with Gasteiger partial charge in [-0.3, -0.25) is 9.97 Å². The summed E-state index contributed by atoms with van der Waals surface area (Å²) in [7, 11) is -0.655. The topological polar surface area (TPSA) is 92.2 Å². The molecule has 0 radical (unpaired) electrons. The molecule has 5 heterocycles. The molecule has 3 unspecified atom stereocenters. The predicted molar refractivity (Wildman–Crippen MR) is 124 cm³/mol. The van der Waals surface area contributed by atoms with Gasteiger partial charge in [0.15, 0.2) is 0 Å². The van der Waals surface area contributed by atoms with E-state index in [-0.39, 0.29) is 18.8 Å². The molecule has 8 nitrogen and oxygen atoms in total. The van der Waals surface area contributed by atoms with Crippen molar-refractivity contribution in [1.82, 2.24) is 9.97 Å². The third-order valence-corrected chi connectivity index (χ3v) is 7.94. The summed E-state index contributed by atoms with van der Waals surface area (Å²) in [6.45, 7) is 9.63. The summed E-state index contributed by atoms with van der Waals surface area (Å²) in [5.74, 6) is 0. The highest BCUT2D eigenvalue weighted by Crippen LogP contribution is 2.43. The minimum absolute atomic E-state index is 0.258. The van der Waals surface area contributed by atoms with Crippen molar-refractivity contribution in [2.45, 2.75) is 70.4 Å². The Balaban J connectivity index is 1.41. The molecule has 176 valence electrons. The summed E-state index contributed by atoms with van der Waals surface area (Å²) in [6, 6.07) is 0. The van der Waals surface area contributed by atoms with Gasteiger partial charge in [-0.25, -0.2) is 0 Å². The van der Waals surface area contributed by atoms with Crippen molar-refractivity contribution in [2.75, 3.05) is 13.2 Å². The number of fused-ring (bicyclic) bond motifs is 2. The summed E-state index contributed by atoms with van der Waals surface area (Å²) < 4.78 is 31.8. The molecule has 4 atom stereocenters. The smallest absolute Gasteiger partial charge is 0.399 e. The van der Waals surface area contributed by atoms with Crippen LogP contribution in [0.2, 0.25) is 0 Å². The van der Waals surface area contributed by atoms with Crippen molar-refractivity contribution >= 4 is 28.5 Å². The van der Waals surface area contributed by atoms with Gasteiger partial charge in [0.1, 0.15) is 17.8 Å². The molecular weight excluding hydrogens is 491 g/mol. The van der Waals surface area contributed by atoms with Gasteiger partial charge in [0.25, 0.3) is 0 Å². The summed E-state index contributed by atoms with van der Waals surface area (Å²) in [4.78, 5) is 8.65. The number of pyridine rings is 2. The maximum Gasteiger partial charge on any atom is 0.496 e. The number of aliphatic hydroxyl groups excluding tert-OH is 1. The molecule has 33 heavy (non-hydrogen) atoms. The summed E-state index contributed by atoms with van der Waals surface area (Å²) in [6.07, 6.45) is 5.73. The van der Waals surface area contributed by atoms with Gasteiger partial charge in [0.05, 0.1) is 38.1 Å². The summed E-state index contributed by atoms with van der Waals surface area (Å²) >= 11 is 3.56. The number of hydrogen-bond donors (Lipinski definition) is 1. The average Bonchev–Trinajstić information content (AvgIpc) is 3.04. The molecule has 0 bridgehead atoms. The van der Waals surface area contributed by atoms with Crippen molar-refractivity contribution in [1.29, 1.82) is 0 Å². The second-order valence-electron chi connectivity index (χ2n) is 9.48. The number of aliphatic hydroxyl groups is 1. The number of ether oxygens (including phenoxy) is 3. The Morgan fingerprint density at radius 3 is 2.55 bits per heavy atom. The molecule has 10 heteroatoms. The zero-order valence-electron chi connectivity index (χ0n) is 19.2. The molecule has 5 rings (SSSR count). The largest absolute Gasteiger partial charge is 0.496 e. The van der Waals surface area contributed by atoms with E-state index in [9.17, 15) is 5.11 Å². The molecule has 1 fully saturated rings. The highest BCUT2D eigenvalue weighted by atomic mass is 79.9. The Labute approximate surface area is 202 Å². The number of rotatable bonds is 4. The second-order valence-corrected chi connectivity index (χ2v) is 10.3. The number of hydrogen-bond acceptors (Lipinski definition) is 8. The lowest BCUT2D eigenvalue weighted by Crippen LogP contribution is -2.54. The molecule has 3 aliphatic heterocycles. The molecule has 3 aliphatic rings. The Hall–Kier alpha value is -1.40. The van der Waals surface area contributed by atoms with Gasteiger partial charge in [0.2, 0.25) is 0 Å². The van der Waals surface area contributed by atoms with E-state index in [1.807, 2.05) is 33.9 Å². The minimum Gasteiger partial charge on any atom is -0.399 e. The lowest BCUT2D eigenvalue weighted by atomic mass is 9.75. The van der Waals surface area contributed by atoms with Crippen molar-refractivity contribution in [3.63, 3.8) is 0 Å². The number of halogens is 1.